The van der Waals surface area contributed by atoms with E-state index in [0.717, 1.165) is 53.9 Å². The highest BCUT2D eigenvalue weighted by atomic mass is 16.1. The zero-order valence-electron chi connectivity index (χ0n) is 19.6. The molecule has 9 atom stereocenters. The number of hydrogen-bond donors (Lipinski definition) is 0. The van der Waals surface area contributed by atoms with Crippen molar-refractivity contribution in [1.82, 2.24) is 4.90 Å². The second-order valence-corrected chi connectivity index (χ2v) is 12.4. The monoisotopic (exact) mass is 413 g/mol. The first-order valence-electron chi connectivity index (χ1n) is 13.9. The molecule has 4 saturated carbocycles. The number of carbonyl (C=O) groups excluding carboxylic acids is 1. The Labute approximate surface area is 185 Å². The first kappa shape index (κ1) is 21.5. The Hall–Kier alpha value is -0.370. The highest BCUT2D eigenvalue weighted by molar-refractivity contribution is 5.50. The molecule has 170 valence electrons. The van der Waals surface area contributed by atoms with E-state index in [1.54, 1.807) is 0 Å². The molecule has 0 aromatic heterocycles. The van der Waals surface area contributed by atoms with E-state index in [1.165, 1.54) is 109 Å². The first-order valence-corrected chi connectivity index (χ1v) is 13.9. The average Bonchev–Trinajstić information content (AvgIpc) is 3.10. The Kier molecular flexibility index (Phi) is 6.90. The lowest BCUT2D eigenvalue weighted by Crippen LogP contribution is -2.42. The minimum absolute atomic E-state index is 0.655. The van der Waals surface area contributed by atoms with E-state index in [4.69, 9.17) is 0 Å². The zero-order valence-corrected chi connectivity index (χ0v) is 19.6. The van der Waals surface area contributed by atoms with E-state index in [-0.39, 0.29) is 0 Å². The van der Waals surface area contributed by atoms with E-state index in [9.17, 15) is 4.79 Å². The second kappa shape index (κ2) is 9.63. The molecule has 0 bridgehead atoms. The lowest BCUT2D eigenvalue weighted by Gasteiger charge is -2.44. The van der Waals surface area contributed by atoms with Crippen LogP contribution in [0.3, 0.4) is 0 Å². The summed E-state index contributed by atoms with van der Waals surface area (Å²) in [7, 11) is 0. The maximum absolute atomic E-state index is 11.5. The normalized spacial score (nSPS) is 47.4. The van der Waals surface area contributed by atoms with Gasteiger partial charge in [-0.05, 0) is 92.3 Å². The molecule has 0 spiro atoms. The van der Waals surface area contributed by atoms with Crippen molar-refractivity contribution in [3.63, 3.8) is 0 Å². The average molecular weight is 414 g/mol. The second-order valence-electron chi connectivity index (χ2n) is 12.4. The summed E-state index contributed by atoms with van der Waals surface area (Å²) in [6.45, 7) is 5.06. The van der Waals surface area contributed by atoms with Gasteiger partial charge in [-0.2, -0.15) is 0 Å². The molecule has 0 amide bonds. The van der Waals surface area contributed by atoms with E-state index >= 15 is 0 Å². The number of aldehydes is 1. The molecule has 0 N–H and O–H groups in total. The molecule has 5 fully saturated rings. The molecule has 2 heteroatoms. The highest BCUT2D eigenvalue weighted by Crippen LogP contribution is 2.49. The van der Waals surface area contributed by atoms with E-state index in [1.807, 2.05) is 0 Å². The Balaban J connectivity index is 1.21. The molecule has 2 nitrogen and oxygen atoms in total. The fourth-order valence-electron chi connectivity index (χ4n) is 9.14. The molecular formula is C28H47NO. The molecule has 0 aromatic carbocycles. The molecule has 1 aliphatic heterocycles. The highest BCUT2D eigenvalue weighted by Gasteiger charge is 2.47. The summed E-state index contributed by atoms with van der Waals surface area (Å²) < 4.78 is 0. The first-order chi connectivity index (χ1) is 14.7. The lowest BCUT2D eigenvalue weighted by atomic mass is 9.65. The summed E-state index contributed by atoms with van der Waals surface area (Å²) in [5, 5.41) is 0. The topological polar surface area (TPSA) is 20.3 Å². The van der Waals surface area contributed by atoms with Gasteiger partial charge in [0, 0.05) is 25.6 Å². The van der Waals surface area contributed by atoms with Gasteiger partial charge in [0.15, 0.2) is 0 Å². The van der Waals surface area contributed by atoms with Crippen LogP contribution >= 0.6 is 0 Å². The molecule has 1 saturated heterocycles. The summed E-state index contributed by atoms with van der Waals surface area (Å²) in [5.74, 6) is 7.42. The van der Waals surface area contributed by atoms with Gasteiger partial charge in [-0.1, -0.05) is 51.9 Å². The van der Waals surface area contributed by atoms with Gasteiger partial charge < -0.3 is 4.79 Å². The van der Waals surface area contributed by atoms with Gasteiger partial charge >= 0.3 is 0 Å². The third-order valence-corrected chi connectivity index (χ3v) is 10.6. The molecule has 4 aliphatic carbocycles. The van der Waals surface area contributed by atoms with Crippen molar-refractivity contribution >= 4 is 6.29 Å². The van der Waals surface area contributed by atoms with Crippen LogP contribution in [0.15, 0.2) is 0 Å². The van der Waals surface area contributed by atoms with Gasteiger partial charge in [0.1, 0.15) is 6.29 Å². The SMILES string of the molecule is CC1CCCC(C2CCC3C(C2)C(CC=O)CN3CC2CCC3CCCCC3C2)C1. The Morgan fingerprint density at radius 2 is 1.50 bits per heavy atom. The molecule has 0 aromatic rings. The van der Waals surface area contributed by atoms with Crippen LogP contribution in [0.5, 0.6) is 0 Å². The summed E-state index contributed by atoms with van der Waals surface area (Å²) in [5.41, 5.74) is 0. The van der Waals surface area contributed by atoms with Gasteiger partial charge in [-0.25, -0.2) is 0 Å². The standard InChI is InChI=1S/C28H47NO/c1-20-5-4-8-23(15-20)25-11-12-28-27(17-25)26(13-14-30)19-29(28)18-21-9-10-22-6-2-3-7-24(22)16-21/h14,20-28H,2-13,15-19H2,1H3. The molecule has 5 aliphatic rings. The summed E-state index contributed by atoms with van der Waals surface area (Å²) in [4.78, 5) is 14.4. The van der Waals surface area contributed by atoms with Gasteiger partial charge in [0.05, 0.1) is 0 Å². The Morgan fingerprint density at radius 1 is 0.767 bits per heavy atom. The predicted octanol–water partition coefficient (Wildman–Crippen LogP) is 6.72. The van der Waals surface area contributed by atoms with Crippen molar-refractivity contribution in [3.05, 3.63) is 0 Å². The number of rotatable bonds is 5. The van der Waals surface area contributed by atoms with Crippen LogP contribution in [0.1, 0.15) is 103 Å². The van der Waals surface area contributed by atoms with Crippen molar-refractivity contribution in [3.8, 4) is 0 Å². The number of carbonyl (C=O) groups is 1. The van der Waals surface area contributed by atoms with Crippen molar-refractivity contribution in [1.29, 1.82) is 0 Å². The quantitative estimate of drug-likeness (QED) is 0.466. The smallest absolute Gasteiger partial charge is 0.120 e. The molecule has 5 rings (SSSR count). The molecule has 9 unspecified atom stereocenters. The zero-order chi connectivity index (χ0) is 20.5. The van der Waals surface area contributed by atoms with Crippen LogP contribution in [0, 0.1) is 47.3 Å². The minimum atomic E-state index is 0.655. The van der Waals surface area contributed by atoms with Crippen LogP contribution in [-0.2, 0) is 4.79 Å². The van der Waals surface area contributed by atoms with E-state index in [2.05, 4.69) is 11.8 Å². The van der Waals surface area contributed by atoms with Crippen LogP contribution in [0.4, 0.5) is 0 Å². The Morgan fingerprint density at radius 3 is 2.33 bits per heavy atom. The van der Waals surface area contributed by atoms with Crippen molar-refractivity contribution < 1.29 is 4.79 Å². The third kappa shape index (κ3) is 4.55. The summed E-state index contributed by atoms with van der Waals surface area (Å²) >= 11 is 0. The van der Waals surface area contributed by atoms with Gasteiger partial charge in [-0.15, -0.1) is 0 Å². The largest absolute Gasteiger partial charge is 0.303 e. The number of likely N-dealkylation sites (tertiary alicyclic amines) is 1. The fraction of sp³-hybridized carbons (Fsp3) is 0.964. The number of hydrogen-bond acceptors (Lipinski definition) is 2. The van der Waals surface area contributed by atoms with Crippen LogP contribution in [0.2, 0.25) is 0 Å². The van der Waals surface area contributed by atoms with E-state index in [0.29, 0.717) is 5.92 Å². The summed E-state index contributed by atoms with van der Waals surface area (Å²) in [6.07, 6.45) is 22.8. The predicted molar refractivity (Wildman–Crippen MR) is 124 cm³/mol. The minimum Gasteiger partial charge on any atom is -0.303 e. The number of nitrogens with zero attached hydrogens (tertiary/aromatic N) is 1. The van der Waals surface area contributed by atoms with Crippen LogP contribution < -0.4 is 0 Å². The van der Waals surface area contributed by atoms with Crippen molar-refractivity contribution in [2.75, 3.05) is 13.1 Å². The lowest BCUT2D eigenvalue weighted by molar-refractivity contribution is -0.108. The third-order valence-electron chi connectivity index (χ3n) is 10.6. The Bertz CT molecular complexity index is 575. The van der Waals surface area contributed by atoms with Gasteiger partial charge in [0.2, 0.25) is 0 Å². The van der Waals surface area contributed by atoms with E-state index < -0.39 is 0 Å². The van der Waals surface area contributed by atoms with Crippen LogP contribution in [-0.4, -0.2) is 30.3 Å². The van der Waals surface area contributed by atoms with Crippen molar-refractivity contribution in [2.45, 2.75) is 109 Å². The fourth-order valence-corrected chi connectivity index (χ4v) is 9.14. The van der Waals surface area contributed by atoms with Gasteiger partial charge in [0.25, 0.3) is 0 Å². The molecular weight excluding hydrogens is 366 g/mol. The maximum atomic E-state index is 11.5. The molecule has 1 heterocycles. The van der Waals surface area contributed by atoms with Crippen molar-refractivity contribution in [2.24, 2.45) is 47.3 Å². The van der Waals surface area contributed by atoms with Gasteiger partial charge in [-0.3, -0.25) is 4.90 Å². The maximum Gasteiger partial charge on any atom is 0.120 e. The van der Waals surface area contributed by atoms with Crippen LogP contribution in [0.25, 0.3) is 0 Å². The molecule has 0 radical (unpaired) electrons. The number of fused-ring (bicyclic) bond motifs is 2. The summed E-state index contributed by atoms with van der Waals surface area (Å²) in [6, 6.07) is 0.802. The molecule has 30 heavy (non-hydrogen) atoms.